The molecule has 0 saturated heterocycles. The number of hydrogen-bond donors (Lipinski definition) is 1. The van der Waals surface area contributed by atoms with E-state index in [4.69, 9.17) is 0 Å². The van der Waals surface area contributed by atoms with Crippen molar-refractivity contribution in [1.82, 2.24) is 4.57 Å². The zero-order valence-electron chi connectivity index (χ0n) is 11.1. The van der Waals surface area contributed by atoms with Crippen LogP contribution in [0.25, 0.3) is 0 Å². The monoisotopic (exact) mass is 249 g/mol. The molecule has 1 aromatic heterocycles. The van der Waals surface area contributed by atoms with E-state index in [0.717, 1.165) is 19.3 Å². The van der Waals surface area contributed by atoms with E-state index in [1.807, 2.05) is 0 Å². The summed E-state index contributed by atoms with van der Waals surface area (Å²) in [6.07, 6.45) is 4.71. The number of carboxylic acid groups (broad SMARTS) is 1. The minimum atomic E-state index is -0.966. The second-order valence-corrected chi connectivity index (χ2v) is 5.94. The van der Waals surface area contributed by atoms with Gasteiger partial charge < -0.3 is 9.67 Å². The molecule has 4 heteroatoms. The van der Waals surface area contributed by atoms with Gasteiger partial charge in [0.05, 0.1) is 0 Å². The Balaban J connectivity index is 2.38. The van der Waals surface area contributed by atoms with Crippen LogP contribution >= 0.6 is 0 Å². The Kier molecular flexibility index (Phi) is 3.05. The van der Waals surface area contributed by atoms with Crippen molar-refractivity contribution in [3.05, 3.63) is 23.5 Å². The van der Waals surface area contributed by atoms with Crippen molar-refractivity contribution in [2.45, 2.75) is 46.1 Å². The van der Waals surface area contributed by atoms with Gasteiger partial charge in [-0.2, -0.15) is 0 Å². The molecule has 1 aromatic rings. The zero-order chi connectivity index (χ0) is 13.5. The molecular weight excluding hydrogens is 230 g/mol. The van der Waals surface area contributed by atoms with Crippen LogP contribution in [0.3, 0.4) is 0 Å². The maximum absolute atomic E-state index is 11.4. The summed E-state index contributed by atoms with van der Waals surface area (Å²) in [7, 11) is 0. The molecular formula is C14H19NO3. The average Bonchev–Trinajstić information content (AvgIpc) is 2.80. The van der Waals surface area contributed by atoms with Gasteiger partial charge in [-0.3, -0.25) is 4.79 Å². The van der Waals surface area contributed by atoms with Crippen molar-refractivity contribution < 1.29 is 14.7 Å². The first kappa shape index (κ1) is 12.9. The fourth-order valence-electron chi connectivity index (χ4n) is 2.78. The van der Waals surface area contributed by atoms with E-state index < -0.39 is 5.97 Å². The number of rotatable bonds is 3. The minimum Gasteiger partial charge on any atom is -0.477 e. The largest absolute Gasteiger partial charge is 0.477 e. The molecule has 1 saturated carbocycles. The number of hydrogen-bond acceptors (Lipinski definition) is 2. The molecule has 1 unspecified atom stereocenters. The van der Waals surface area contributed by atoms with Gasteiger partial charge in [0.1, 0.15) is 5.69 Å². The molecule has 0 aliphatic heterocycles. The zero-order valence-corrected chi connectivity index (χ0v) is 11.1. The molecule has 1 aliphatic carbocycles. The van der Waals surface area contributed by atoms with Gasteiger partial charge >= 0.3 is 5.97 Å². The molecule has 0 aromatic carbocycles. The predicted octanol–water partition coefficient (Wildman–Crippen LogP) is 3.14. The van der Waals surface area contributed by atoms with E-state index in [1.54, 1.807) is 10.8 Å². The van der Waals surface area contributed by atoms with Crippen molar-refractivity contribution >= 4 is 11.8 Å². The lowest BCUT2D eigenvalue weighted by Crippen LogP contribution is -2.13. The smallest absolute Gasteiger partial charge is 0.352 e. The quantitative estimate of drug-likeness (QED) is 0.837. The highest BCUT2D eigenvalue weighted by Gasteiger charge is 2.33. The lowest BCUT2D eigenvalue weighted by atomic mass is 9.92. The maximum atomic E-state index is 11.4. The second kappa shape index (κ2) is 4.26. The van der Waals surface area contributed by atoms with E-state index in [1.165, 1.54) is 13.0 Å². The van der Waals surface area contributed by atoms with Crippen LogP contribution in [0, 0.1) is 5.41 Å². The van der Waals surface area contributed by atoms with Crippen LogP contribution in [0.1, 0.15) is 66.9 Å². The molecule has 1 fully saturated rings. The molecule has 0 radical (unpaired) electrons. The molecule has 18 heavy (non-hydrogen) atoms. The van der Waals surface area contributed by atoms with Gasteiger partial charge in [0.15, 0.2) is 5.78 Å². The molecule has 2 rings (SSSR count). The van der Waals surface area contributed by atoms with Crippen LogP contribution < -0.4 is 0 Å². The minimum absolute atomic E-state index is 0.0893. The molecule has 1 N–H and O–H groups in total. The fourth-order valence-corrected chi connectivity index (χ4v) is 2.78. The lowest BCUT2D eigenvalue weighted by molar-refractivity contribution is 0.0682. The third kappa shape index (κ3) is 2.33. The van der Waals surface area contributed by atoms with Gasteiger partial charge in [0, 0.05) is 17.8 Å². The highest BCUT2D eigenvalue weighted by Crippen LogP contribution is 2.44. The molecule has 0 bridgehead atoms. The van der Waals surface area contributed by atoms with Crippen molar-refractivity contribution in [3.8, 4) is 0 Å². The predicted molar refractivity (Wildman–Crippen MR) is 68.1 cm³/mol. The molecule has 4 nitrogen and oxygen atoms in total. The van der Waals surface area contributed by atoms with Gasteiger partial charge in [-0.1, -0.05) is 13.8 Å². The molecule has 0 spiro atoms. The van der Waals surface area contributed by atoms with Crippen LogP contribution in [0.15, 0.2) is 12.3 Å². The average molecular weight is 249 g/mol. The van der Waals surface area contributed by atoms with E-state index in [9.17, 15) is 14.7 Å². The molecule has 1 atom stereocenters. The maximum Gasteiger partial charge on any atom is 0.352 e. The van der Waals surface area contributed by atoms with Crippen molar-refractivity contribution in [2.24, 2.45) is 5.41 Å². The summed E-state index contributed by atoms with van der Waals surface area (Å²) >= 11 is 0. The van der Waals surface area contributed by atoms with Gasteiger partial charge in [-0.25, -0.2) is 4.79 Å². The highest BCUT2D eigenvalue weighted by atomic mass is 16.4. The number of Topliss-reactive ketones (excluding diaryl/α,β-unsaturated/α-hetero) is 1. The Bertz CT molecular complexity index is 499. The van der Waals surface area contributed by atoms with Gasteiger partial charge in [-0.15, -0.1) is 0 Å². The van der Waals surface area contributed by atoms with Crippen LogP contribution in [-0.4, -0.2) is 21.4 Å². The molecule has 98 valence electrons. The Morgan fingerprint density at radius 2 is 2.11 bits per heavy atom. The van der Waals surface area contributed by atoms with Gasteiger partial charge in [0.2, 0.25) is 0 Å². The number of aromatic nitrogens is 1. The standard InChI is InChI=1S/C14H19NO3/c1-9(16)10-6-12(13(17)18)15(8-10)11-4-5-14(2,3)7-11/h6,8,11H,4-5,7H2,1-3H3,(H,17,18). The van der Waals surface area contributed by atoms with Crippen LogP contribution in [0.2, 0.25) is 0 Å². The summed E-state index contributed by atoms with van der Waals surface area (Å²) in [5.41, 5.74) is 0.959. The number of carbonyl (C=O) groups excluding carboxylic acids is 1. The summed E-state index contributed by atoms with van der Waals surface area (Å²) < 4.78 is 1.77. The third-order valence-electron chi connectivity index (χ3n) is 3.81. The Morgan fingerprint density at radius 1 is 1.44 bits per heavy atom. The number of nitrogens with zero attached hydrogens (tertiary/aromatic N) is 1. The van der Waals surface area contributed by atoms with Gasteiger partial charge in [0.25, 0.3) is 0 Å². The van der Waals surface area contributed by atoms with E-state index in [2.05, 4.69) is 13.8 Å². The summed E-state index contributed by atoms with van der Waals surface area (Å²) in [6, 6.07) is 1.68. The van der Waals surface area contributed by atoms with E-state index in [0.29, 0.717) is 5.56 Å². The second-order valence-electron chi connectivity index (χ2n) is 5.94. The van der Waals surface area contributed by atoms with Crippen LogP contribution in [0.4, 0.5) is 0 Å². The lowest BCUT2D eigenvalue weighted by Gasteiger charge is -2.19. The van der Waals surface area contributed by atoms with E-state index in [-0.39, 0.29) is 22.9 Å². The highest BCUT2D eigenvalue weighted by molar-refractivity contribution is 5.97. The fraction of sp³-hybridized carbons (Fsp3) is 0.571. The number of aromatic carboxylic acids is 1. The molecule has 0 amide bonds. The SMILES string of the molecule is CC(=O)c1cc(C(=O)O)n(C2CCC(C)(C)C2)c1. The van der Waals surface area contributed by atoms with Crippen LogP contribution in [0.5, 0.6) is 0 Å². The number of carbonyl (C=O) groups is 2. The van der Waals surface area contributed by atoms with Crippen molar-refractivity contribution in [2.75, 3.05) is 0 Å². The summed E-state index contributed by atoms with van der Waals surface area (Å²) in [4.78, 5) is 22.6. The summed E-state index contributed by atoms with van der Waals surface area (Å²) in [5.74, 6) is -1.05. The Morgan fingerprint density at radius 3 is 2.56 bits per heavy atom. The van der Waals surface area contributed by atoms with Crippen LogP contribution in [-0.2, 0) is 0 Å². The first-order chi connectivity index (χ1) is 8.30. The van der Waals surface area contributed by atoms with Crippen molar-refractivity contribution in [1.29, 1.82) is 0 Å². The Hall–Kier alpha value is -1.58. The molecule has 1 heterocycles. The topological polar surface area (TPSA) is 59.3 Å². The van der Waals surface area contributed by atoms with Crippen molar-refractivity contribution in [3.63, 3.8) is 0 Å². The normalized spacial score (nSPS) is 22.1. The van der Waals surface area contributed by atoms with E-state index >= 15 is 0 Å². The van der Waals surface area contributed by atoms with Gasteiger partial charge in [-0.05, 0) is 37.7 Å². The first-order valence-corrected chi connectivity index (χ1v) is 6.26. The third-order valence-corrected chi connectivity index (χ3v) is 3.81. The summed E-state index contributed by atoms with van der Waals surface area (Å²) in [5, 5.41) is 9.22. The number of ketones is 1. The molecule has 1 aliphatic rings. The summed E-state index contributed by atoms with van der Waals surface area (Å²) in [6.45, 7) is 5.86. The Labute approximate surface area is 107 Å². The first-order valence-electron chi connectivity index (χ1n) is 6.26. The number of carboxylic acids is 1.